The topological polar surface area (TPSA) is 79.6 Å². The summed E-state index contributed by atoms with van der Waals surface area (Å²) in [7, 11) is 1.66. The van der Waals surface area contributed by atoms with E-state index in [1.54, 1.807) is 19.4 Å². The molecule has 1 aromatic carbocycles. The number of hydrogen-bond acceptors (Lipinski definition) is 7. The average Bonchev–Trinajstić information content (AvgIpc) is 2.76. The standard InChI is InChI=1S/C21H26N4O3/c1-3-28-19-6-5-17(12-20(19)26-2)18(25-8-10-27-11-9-25)15-24-21-7-4-16(13-22)14-23-21/h4-7,12,14,18H,3,8-11,15H2,1-2H3,(H,23,24). The third-order valence-corrected chi connectivity index (χ3v) is 4.73. The molecule has 7 nitrogen and oxygen atoms in total. The fraction of sp³-hybridized carbons (Fsp3) is 0.429. The van der Waals surface area contributed by atoms with Gasteiger partial charge in [0.05, 0.1) is 38.5 Å². The second kappa shape index (κ2) is 9.93. The van der Waals surface area contributed by atoms with Gasteiger partial charge in [0.1, 0.15) is 11.9 Å². The minimum absolute atomic E-state index is 0.130. The maximum atomic E-state index is 8.92. The Morgan fingerprint density at radius 1 is 1.25 bits per heavy atom. The zero-order chi connectivity index (χ0) is 19.8. The molecule has 148 valence electrons. The van der Waals surface area contributed by atoms with Crippen LogP contribution >= 0.6 is 0 Å². The predicted molar refractivity (Wildman–Crippen MR) is 107 cm³/mol. The van der Waals surface area contributed by atoms with Gasteiger partial charge in [0.25, 0.3) is 0 Å². The Balaban J connectivity index is 1.81. The van der Waals surface area contributed by atoms with Gasteiger partial charge in [-0.15, -0.1) is 0 Å². The molecular weight excluding hydrogens is 356 g/mol. The van der Waals surface area contributed by atoms with Crippen molar-refractivity contribution in [3.63, 3.8) is 0 Å². The lowest BCUT2D eigenvalue weighted by molar-refractivity contribution is 0.0186. The van der Waals surface area contributed by atoms with Gasteiger partial charge in [-0.1, -0.05) is 6.07 Å². The van der Waals surface area contributed by atoms with Gasteiger partial charge in [0.2, 0.25) is 0 Å². The van der Waals surface area contributed by atoms with E-state index in [1.807, 2.05) is 25.1 Å². The van der Waals surface area contributed by atoms with Crippen LogP contribution in [0.2, 0.25) is 0 Å². The molecule has 0 amide bonds. The van der Waals surface area contributed by atoms with E-state index < -0.39 is 0 Å². The molecule has 7 heteroatoms. The predicted octanol–water partition coefficient (Wildman–Crippen LogP) is 2.85. The van der Waals surface area contributed by atoms with Crippen LogP contribution in [-0.2, 0) is 4.74 Å². The highest BCUT2D eigenvalue weighted by molar-refractivity contribution is 5.45. The second-order valence-electron chi connectivity index (χ2n) is 6.43. The van der Waals surface area contributed by atoms with Gasteiger partial charge in [-0.05, 0) is 36.8 Å². The van der Waals surface area contributed by atoms with Gasteiger partial charge in [-0.3, -0.25) is 4.90 Å². The molecule has 0 bridgehead atoms. The van der Waals surface area contributed by atoms with E-state index in [0.29, 0.717) is 18.7 Å². The number of ether oxygens (including phenoxy) is 3. The van der Waals surface area contributed by atoms with E-state index in [4.69, 9.17) is 19.5 Å². The van der Waals surface area contributed by atoms with Crippen LogP contribution in [0.25, 0.3) is 0 Å². The maximum absolute atomic E-state index is 8.92. The molecule has 1 saturated heterocycles. The molecule has 1 fully saturated rings. The number of anilines is 1. The largest absolute Gasteiger partial charge is 0.493 e. The first-order valence-electron chi connectivity index (χ1n) is 9.47. The van der Waals surface area contributed by atoms with Crippen molar-refractivity contribution >= 4 is 5.82 Å². The van der Waals surface area contributed by atoms with Gasteiger partial charge < -0.3 is 19.5 Å². The van der Waals surface area contributed by atoms with Gasteiger partial charge in [-0.25, -0.2) is 4.98 Å². The van der Waals surface area contributed by atoms with Crippen LogP contribution < -0.4 is 14.8 Å². The first-order chi connectivity index (χ1) is 13.7. The molecule has 0 radical (unpaired) electrons. The summed E-state index contributed by atoms with van der Waals surface area (Å²) in [6.07, 6.45) is 1.58. The summed E-state index contributed by atoms with van der Waals surface area (Å²) < 4.78 is 16.7. The molecule has 1 N–H and O–H groups in total. The molecule has 1 aliphatic heterocycles. The summed E-state index contributed by atoms with van der Waals surface area (Å²) in [6, 6.07) is 11.9. The number of nitriles is 1. The lowest BCUT2D eigenvalue weighted by Gasteiger charge is -2.35. The van der Waals surface area contributed by atoms with Crippen LogP contribution in [0.4, 0.5) is 5.82 Å². The van der Waals surface area contributed by atoms with Crippen molar-refractivity contribution in [2.24, 2.45) is 0 Å². The molecule has 0 spiro atoms. The van der Waals surface area contributed by atoms with Crippen LogP contribution in [-0.4, -0.2) is 56.4 Å². The second-order valence-corrected chi connectivity index (χ2v) is 6.43. The number of nitrogens with one attached hydrogen (secondary N) is 1. The molecule has 1 aromatic heterocycles. The minimum atomic E-state index is 0.130. The van der Waals surface area contributed by atoms with Crippen LogP contribution in [0, 0.1) is 11.3 Å². The summed E-state index contributed by atoms with van der Waals surface area (Å²) in [5, 5.41) is 12.3. The Labute approximate surface area is 165 Å². The zero-order valence-electron chi connectivity index (χ0n) is 16.4. The molecular formula is C21H26N4O3. The summed E-state index contributed by atoms with van der Waals surface area (Å²) in [4.78, 5) is 6.71. The number of rotatable bonds is 8. The Hall–Kier alpha value is -2.82. The first kappa shape index (κ1) is 19.9. The van der Waals surface area contributed by atoms with E-state index in [0.717, 1.165) is 49.2 Å². The number of methoxy groups -OCH3 is 1. The van der Waals surface area contributed by atoms with Crippen molar-refractivity contribution in [2.75, 3.05) is 51.9 Å². The van der Waals surface area contributed by atoms with E-state index in [1.165, 1.54) is 0 Å². The molecule has 28 heavy (non-hydrogen) atoms. The molecule has 2 heterocycles. The first-order valence-corrected chi connectivity index (χ1v) is 9.47. The third-order valence-electron chi connectivity index (χ3n) is 4.73. The van der Waals surface area contributed by atoms with E-state index in [-0.39, 0.29) is 6.04 Å². The number of benzene rings is 1. The highest BCUT2D eigenvalue weighted by Gasteiger charge is 2.24. The van der Waals surface area contributed by atoms with Crippen LogP contribution in [0.3, 0.4) is 0 Å². The fourth-order valence-electron chi connectivity index (χ4n) is 3.28. The normalized spacial score (nSPS) is 15.5. The zero-order valence-corrected chi connectivity index (χ0v) is 16.4. The Bertz CT molecular complexity index is 798. The van der Waals surface area contributed by atoms with Crippen molar-refractivity contribution in [1.82, 2.24) is 9.88 Å². The number of aromatic nitrogens is 1. The Kier molecular flexibility index (Phi) is 7.06. The van der Waals surface area contributed by atoms with Crippen molar-refractivity contribution in [3.05, 3.63) is 47.7 Å². The maximum Gasteiger partial charge on any atom is 0.161 e. The van der Waals surface area contributed by atoms with E-state index >= 15 is 0 Å². The van der Waals surface area contributed by atoms with Crippen molar-refractivity contribution in [2.45, 2.75) is 13.0 Å². The third kappa shape index (κ3) is 4.91. The SMILES string of the molecule is CCOc1ccc(C(CNc2ccc(C#N)cn2)N2CCOCC2)cc1OC. The van der Waals surface area contributed by atoms with Crippen molar-refractivity contribution in [1.29, 1.82) is 5.26 Å². The summed E-state index contributed by atoms with van der Waals surface area (Å²) in [5.41, 5.74) is 1.69. The summed E-state index contributed by atoms with van der Waals surface area (Å²) in [6.45, 7) is 6.40. The molecule has 0 saturated carbocycles. The Morgan fingerprint density at radius 3 is 2.71 bits per heavy atom. The fourth-order valence-corrected chi connectivity index (χ4v) is 3.28. The quantitative estimate of drug-likeness (QED) is 0.752. The minimum Gasteiger partial charge on any atom is -0.493 e. The van der Waals surface area contributed by atoms with E-state index in [9.17, 15) is 0 Å². The highest BCUT2D eigenvalue weighted by atomic mass is 16.5. The van der Waals surface area contributed by atoms with E-state index in [2.05, 4.69) is 27.3 Å². The highest BCUT2D eigenvalue weighted by Crippen LogP contribution is 2.32. The lowest BCUT2D eigenvalue weighted by atomic mass is 10.0. The smallest absolute Gasteiger partial charge is 0.161 e. The molecule has 1 atom stereocenters. The molecule has 2 aromatic rings. The van der Waals surface area contributed by atoms with Crippen molar-refractivity contribution in [3.8, 4) is 17.6 Å². The van der Waals surface area contributed by atoms with Gasteiger partial charge in [-0.2, -0.15) is 5.26 Å². The molecule has 3 rings (SSSR count). The Morgan fingerprint density at radius 2 is 2.07 bits per heavy atom. The summed E-state index contributed by atoms with van der Waals surface area (Å²) >= 11 is 0. The average molecular weight is 382 g/mol. The summed E-state index contributed by atoms with van der Waals surface area (Å²) in [5.74, 6) is 2.22. The van der Waals surface area contributed by atoms with Gasteiger partial charge >= 0.3 is 0 Å². The number of pyridine rings is 1. The molecule has 1 aliphatic rings. The number of hydrogen-bond donors (Lipinski definition) is 1. The van der Waals surface area contributed by atoms with Crippen molar-refractivity contribution < 1.29 is 14.2 Å². The molecule has 0 aliphatic carbocycles. The number of morpholine rings is 1. The van der Waals surface area contributed by atoms with Gasteiger partial charge in [0.15, 0.2) is 11.5 Å². The number of nitrogens with zero attached hydrogens (tertiary/aromatic N) is 3. The molecule has 1 unspecified atom stereocenters. The van der Waals surface area contributed by atoms with Gasteiger partial charge in [0, 0.05) is 25.8 Å². The monoisotopic (exact) mass is 382 g/mol. The van der Waals surface area contributed by atoms with Crippen LogP contribution in [0.15, 0.2) is 36.5 Å². The van der Waals surface area contributed by atoms with Crippen LogP contribution in [0.5, 0.6) is 11.5 Å². The van der Waals surface area contributed by atoms with Crippen LogP contribution in [0.1, 0.15) is 24.1 Å². The lowest BCUT2D eigenvalue weighted by Crippen LogP contribution is -2.41.